The maximum atomic E-state index is 9.73. The second-order valence-electron chi connectivity index (χ2n) is 4.41. The van der Waals surface area contributed by atoms with E-state index in [4.69, 9.17) is 0 Å². The van der Waals surface area contributed by atoms with Crippen LogP contribution in [0.5, 0.6) is 0 Å². The monoisotopic (exact) mass is 232 g/mol. The molecule has 0 amide bonds. The van der Waals surface area contributed by atoms with Crippen LogP contribution in [-0.4, -0.2) is 22.2 Å². The van der Waals surface area contributed by atoms with Crippen molar-refractivity contribution in [2.75, 3.05) is 5.75 Å². The summed E-state index contributed by atoms with van der Waals surface area (Å²) in [7, 11) is 0. The average molecular weight is 232 g/mol. The zero-order chi connectivity index (χ0) is 11.5. The molecule has 0 aromatic carbocycles. The van der Waals surface area contributed by atoms with Crippen molar-refractivity contribution in [2.45, 2.75) is 77.1 Å². The van der Waals surface area contributed by atoms with Gasteiger partial charge in [0.2, 0.25) is 0 Å². The van der Waals surface area contributed by atoms with E-state index in [0.29, 0.717) is 5.25 Å². The van der Waals surface area contributed by atoms with Gasteiger partial charge in [0.05, 0.1) is 6.10 Å². The fourth-order valence-corrected chi connectivity index (χ4v) is 2.41. The minimum atomic E-state index is -0.0781. The summed E-state index contributed by atoms with van der Waals surface area (Å²) in [4.78, 5) is 0. The van der Waals surface area contributed by atoms with Gasteiger partial charge in [0, 0.05) is 11.0 Å². The fraction of sp³-hybridized carbons (Fsp3) is 1.00. The summed E-state index contributed by atoms with van der Waals surface area (Å²) in [5.41, 5.74) is 0. The molecule has 0 spiro atoms. The van der Waals surface area contributed by atoms with Crippen LogP contribution in [0.25, 0.3) is 0 Å². The van der Waals surface area contributed by atoms with Crippen LogP contribution >= 0.6 is 11.8 Å². The Balaban J connectivity index is 3.21. The molecule has 92 valence electrons. The number of hydrogen-bond acceptors (Lipinski definition) is 2. The van der Waals surface area contributed by atoms with Gasteiger partial charge in [-0.15, -0.1) is 0 Å². The number of thioether (sulfide) groups is 1. The van der Waals surface area contributed by atoms with Gasteiger partial charge in [0.1, 0.15) is 0 Å². The molecule has 0 aromatic heterocycles. The molecule has 1 N–H and O–H groups in total. The minimum absolute atomic E-state index is 0.0781. The molecule has 0 aliphatic rings. The second kappa shape index (κ2) is 10.8. The molecule has 2 unspecified atom stereocenters. The lowest BCUT2D eigenvalue weighted by molar-refractivity contribution is 0.184. The van der Waals surface area contributed by atoms with Gasteiger partial charge in [-0.3, -0.25) is 0 Å². The van der Waals surface area contributed by atoms with Crippen molar-refractivity contribution in [2.24, 2.45) is 0 Å². The third kappa shape index (κ3) is 10.6. The van der Waals surface area contributed by atoms with E-state index in [0.717, 1.165) is 12.2 Å². The Hall–Kier alpha value is 0.310. The average Bonchev–Trinajstić information content (AvgIpc) is 2.25. The SMILES string of the molecule is CCCCCCCC(O)CSC(C)CC. The Labute approximate surface area is 100 Å². The lowest BCUT2D eigenvalue weighted by Crippen LogP contribution is -2.11. The van der Waals surface area contributed by atoms with Crippen LogP contribution in [0.1, 0.15) is 65.7 Å². The van der Waals surface area contributed by atoms with E-state index >= 15 is 0 Å². The van der Waals surface area contributed by atoms with Gasteiger partial charge in [-0.05, 0) is 12.8 Å². The number of aliphatic hydroxyl groups is 1. The van der Waals surface area contributed by atoms with Crippen molar-refractivity contribution >= 4 is 11.8 Å². The highest BCUT2D eigenvalue weighted by atomic mass is 32.2. The first kappa shape index (κ1) is 15.3. The van der Waals surface area contributed by atoms with Crippen molar-refractivity contribution in [3.63, 3.8) is 0 Å². The van der Waals surface area contributed by atoms with Crippen molar-refractivity contribution in [1.29, 1.82) is 0 Å². The molecular formula is C13H28OS. The molecule has 0 saturated carbocycles. The number of hydrogen-bond donors (Lipinski definition) is 1. The highest BCUT2D eigenvalue weighted by molar-refractivity contribution is 7.99. The van der Waals surface area contributed by atoms with E-state index in [1.165, 1.54) is 38.5 Å². The third-order valence-corrected chi connectivity index (χ3v) is 4.27. The van der Waals surface area contributed by atoms with Gasteiger partial charge in [0.25, 0.3) is 0 Å². The lowest BCUT2D eigenvalue weighted by Gasteiger charge is -2.13. The Morgan fingerprint density at radius 2 is 1.73 bits per heavy atom. The van der Waals surface area contributed by atoms with E-state index in [1.54, 1.807) is 0 Å². The molecular weight excluding hydrogens is 204 g/mol. The standard InChI is InChI=1S/C13H28OS/c1-4-6-7-8-9-10-13(14)11-15-12(3)5-2/h12-14H,4-11H2,1-3H3. The van der Waals surface area contributed by atoms with Crippen molar-refractivity contribution in [3.8, 4) is 0 Å². The van der Waals surface area contributed by atoms with E-state index < -0.39 is 0 Å². The fourth-order valence-electron chi connectivity index (χ4n) is 1.46. The molecule has 0 aliphatic heterocycles. The van der Waals surface area contributed by atoms with Crippen molar-refractivity contribution in [3.05, 3.63) is 0 Å². The molecule has 0 saturated heterocycles. The highest BCUT2D eigenvalue weighted by Crippen LogP contribution is 2.17. The van der Waals surface area contributed by atoms with Gasteiger partial charge in [-0.1, -0.05) is 52.9 Å². The molecule has 0 rings (SSSR count). The van der Waals surface area contributed by atoms with Crippen LogP contribution in [0.15, 0.2) is 0 Å². The molecule has 2 heteroatoms. The first-order valence-electron chi connectivity index (χ1n) is 6.50. The van der Waals surface area contributed by atoms with Gasteiger partial charge in [0.15, 0.2) is 0 Å². The molecule has 0 aliphatic carbocycles. The molecule has 15 heavy (non-hydrogen) atoms. The third-order valence-electron chi connectivity index (χ3n) is 2.79. The zero-order valence-electron chi connectivity index (χ0n) is 10.7. The van der Waals surface area contributed by atoms with E-state index in [2.05, 4.69) is 20.8 Å². The maximum absolute atomic E-state index is 9.73. The van der Waals surface area contributed by atoms with Crippen LogP contribution < -0.4 is 0 Å². The summed E-state index contributed by atoms with van der Waals surface area (Å²) in [6.07, 6.45) is 8.58. The van der Waals surface area contributed by atoms with Crippen LogP contribution in [0, 0.1) is 0 Å². The van der Waals surface area contributed by atoms with E-state index in [1.807, 2.05) is 11.8 Å². The topological polar surface area (TPSA) is 20.2 Å². The minimum Gasteiger partial charge on any atom is -0.392 e. The Morgan fingerprint density at radius 1 is 1.07 bits per heavy atom. The van der Waals surface area contributed by atoms with Crippen molar-refractivity contribution < 1.29 is 5.11 Å². The van der Waals surface area contributed by atoms with E-state index in [-0.39, 0.29) is 6.10 Å². The quantitative estimate of drug-likeness (QED) is 0.569. The summed E-state index contributed by atoms with van der Waals surface area (Å²) < 4.78 is 0. The molecule has 1 nitrogen and oxygen atoms in total. The van der Waals surface area contributed by atoms with Crippen molar-refractivity contribution in [1.82, 2.24) is 0 Å². The molecule has 0 aromatic rings. The first-order chi connectivity index (χ1) is 7.20. The Bertz CT molecular complexity index is 128. The number of rotatable bonds is 10. The summed E-state index contributed by atoms with van der Waals surface area (Å²) in [6, 6.07) is 0. The normalized spacial score (nSPS) is 15.2. The summed E-state index contributed by atoms with van der Waals surface area (Å²) in [5.74, 6) is 0.919. The molecule has 2 atom stereocenters. The first-order valence-corrected chi connectivity index (χ1v) is 7.55. The molecule has 0 fully saturated rings. The van der Waals surface area contributed by atoms with Gasteiger partial charge >= 0.3 is 0 Å². The number of aliphatic hydroxyl groups excluding tert-OH is 1. The van der Waals surface area contributed by atoms with Gasteiger partial charge < -0.3 is 5.11 Å². The largest absolute Gasteiger partial charge is 0.392 e. The summed E-state index contributed by atoms with van der Waals surface area (Å²) >= 11 is 1.90. The predicted octanol–water partition coefficient (Wildman–Crippen LogP) is 4.24. The lowest BCUT2D eigenvalue weighted by atomic mass is 10.1. The van der Waals surface area contributed by atoms with Crippen LogP contribution in [0.4, 0.5) is 0 Å². The molecule has 0 heterocycles. The zero-order valence-corrected chi connectivity index (χ0v) is 11.5. The Morgan fingerprint density at radius 3 is 2.33 bits per heavy atom. The number of unbranched alkanes of at least 4 members (excludes halogenated alkanes) is 4. The smallest absolute Gasteiger partial charge is 0.0630 e. The predicted molar refractivity (Wildman–Crippen MR) is 71.6 cm³/mol. The second-order valence-corrected chi connectivity index (χ2v) is 5.88. The highest BCUT2D eigenvalue weighted by Gasteiger charge is 2.06. The van der Waals surface area contributed by atoms with Gasteiger partial charge in [-0.2, -0.15) is 11.8 Å². The Kier molecular flexibility index (Phi) is 11.0. The molecule has 0 radical (unpaired) electrons. The van der Waals surface area contributed by atoms with E-state index in [9.17, 15) is 5.11 Å². The summed E-state index contributed by atoms with van der Waals surface area (Å²) in [6.45, 7) is 6.67. The van der Waals surface area contributed by atoms with Gasteiger partial charge in [-0.25, -0.2) is 0 Å². The van der Waals surface area contributed by atoms with Crippen LogP contribution in [0.2, 0.25) is 0 Å². The summed E-state index contributed by atoms with van der Waals surface area (Å²) in [5, 5.41) is 10.4. The van der Waals surface area contributed by atoms with Crippen LogP contribution in [0.3, 0.4) is 0 Å². The maximum Gasteiger partial charge on any atom is 0.0630 e. The van der Waals surface area contributed by atoms with Crippen LogP contribution in [-0.2, 0) is 0 Å². The molecule has 0 bridgehead atoms.